The summed E-state index contributed by atoms with van der Waals surface area (Å²) in [5, 5.41) is 11.6. The molecule has 3 aliphatic rings. The second-order valence-corrected chi connectivity index (χ2v) is 14.5. The Morgan fingerprint density at radius 2 is 1.79 bits per heavy atom. The summed E-state index contributed by atoms with van der Waals surface area (Å²) >= 11 is 0. The molecule has 0 bridgehead atoms. The lowest BCUT2D eigenvalue weighted by molar-refractivity contribution is -0.139. The molecule has 0 saturated carbocycles. The molecule has 1 atom stereocenters. The Labute approximate surface area is 220 Å². The van der Waals surface area contributed by atoms with Crippen LogP contribution in [-0.2, 0) is 16.0 Å². The number of nitrogens with one attached hydrogen (secondary N) is 1. The molecule has 3 amide bonds. The fraction of sp³-hybridized carbons (Fsp3) is 0.423. The number of hydrogen-bond donors (Lipinski definition) is 2. The van der Waals surface area contributed by atoms with E-state index in [0.717, 1.165) is 17.7 Å². The van der Waals surface area contributed by atoms with Gasteiger partial charge in [0.25, 0.3) is 5.91 Å². The van der Waals surface area contributed by atoms with Gasteiger partial charge in [0.1, 0.15) is 17.7 Å². The van der Waals surface area contributed by atoms with Crippen LogP contribution in [0.4, 0.5) is 19.3 Å². The Kier molecular flexibility index (Phi) is 6.62. The number of fused-ring (bicyclic) bond motifs is 3. The number of aliphatic carboxylic acids is 1. The zero-order valence-corrected chi connectivity index (χ0v) is 22.1. The summed E-state index contributed by atoms with van der Waals surface area (Å²) in [6.07, 6.45) is 5.70. The number of benzene rings is 2. The number of halogens is 2. The molecule has 38 heavy (non-hydrogen) atoms. The minimum absolute atomic E-state index is 0.00303. The topological polar surface area (TPSA) is 108 Å². The molecular formula is C26H29F2N3O6S. The van der Waals surface area contributed by atoms with Crippen LogP contribution in [0.25, 0.3) is 0 Å². The molecule has 2 aromatic rings. The molecule has 204 valence electrons. The maximum absolute atomic E-state index is 14.9. The Morgan fingerprint density at radius 1 is 1.11 bits per heavy atom. The van der Waals surface area contributed by atoms with Crippen LogP contribution in [-0.4, -0.2) is 78.0 Å². The highest BCUT2D eigenvalue weighted by Crippen LogP contribution is 2.49. The molecule has 0 radical (unpaired) electrons. The van der Waals surface area contributed by atoms with Crippen molar-refractivity contribution < 1.29 is 37.7 Å². The highest BCUT2D eigenvalue weighted by Gasteiger charge is 2.43. The smallest absolute Gasteiger partial charge is 0.320 e. The lowest BCUT2D eigenvalue weighted by Crippen LogP contribution is -2.58. The Balaban J connectivity index is 1.45. The Morgan fingerprint density at radius 3 is 2.42 bits per heavy atom. The van der Waals surface area contributed by atoms with Gasteiger partial charge in [-0.25, -0.2) is 23.6 Å². The quantitative estimate of drug-likeness (QED) is 0.587. The summed E-state index contributed by atoms with van der Waals surface area (Å²) in [6.45, 7) is 0.789. The third-order valence-electron chi connectivity index (χ3n) is 6.95. The monoisotopic (exact) mass is 549 g/mol. The maximum atomic E-state index is 14.9. The van der Waals surface area contributed by atoms with Crippen molar-refractivity contribution in [2.24, 2.45) is 5.92 Å². The summed E-state index contributed by atoms with van der Waals surface area (Å²) in [6, 6.07) is 4.05. The summed E-state index contributed by atoms with van der Waals surface area (Å²) in [5.74, 6) is -2.12. The molecule has 0 aromatic heterocycles. The van der Waals surface area contributed by atoms with Gasteiger partial charge in [-0.15, -0.1) is 0 Å². The van der Waals surface area contributed by atoms with E-state index in [1.54, 1.807) is 30.9 Å². The maximum Gasteiger partial charge on any atom is 0.320 e. The van der Waals surface area contributed by atoms with Gasteiger partial charge in [-0.05, 0) is 49.0 Å². The van der Waals surface area contributed by atoms with E-state index in [-0.39, 0.29) is 49.3 Å². The number of hydrogen-bond acceptors (Lipinski definition) is 5. The van der Waals surface area contributed by atoms with Crippen molar-refractivity contribution in [3.05, 3.63) is 47.0 Å². The first-order valence-corrected chi connectivity index (χ1v) is 15.0. The summed E-state index contributed by atoms with van der Waals surface area (Å²) < 4.78 is 40.8. The first kappa shape index (κ1) is 26.1. The molecule has 1 fully saturated rings. The SMILES string of the molecule is CS(C)(C)c1c(F)cc(NC(=O)[C@H]2c3ccc4c(c3CCN2C(=O)N2CC(CC(=O)O)C2)OCO4)cc1F. The van der Waals surface area contributed by atoms with E-state index >= 15 is 0 Å². The average Bonchev–Trinajstić information content (AvgIpc) is 3.27. The Bertz CT molecular complexity index is 1300. The molecule has 5 rings (SSSR count). The van der Waals surface area contributed by atoms with E-state index in [1.165, 1.54) is 9.80 Å². The largest absolute Gasteiger partial charge is 0.481 e. The molecule has 0 aliphatic carbocycles. The van der Waals surface area contributed by atoms with Crippen molar-refractivity contribution in [1.82, 2.24) is 9.80 Å². The molecule has 2 N–H and O–H groups in total. The van der Waals surface area contributed by atoms with Crippen LogP contribution in [0, 0.1) is 17.6 Å². The van der Waals surface area contributed by atoms with Crippen molar-refractivity contribution in [2.45, 2.75) is 23.8 Å². The molecule has 3 heterocycles. The lowest BCUT2D eigenvalue weighted by atomic mass is 9.90. The number of carbonyl (C=O) groups is 3. The van der Waals surface area contributed by atoms with Crippen LogP contribution in [0.2, 0.25) is 0 Å². The number of amides is 3. The zero-order chi connectivity index (χ0) is 27.4. The summed E-state index contributed by atoms with van der Waals surface area (Å²) in [5.41, 5.74) is 1.22. The van der Waals surface area contributed by atoms with Gasteiger partial charge in [-0.3, -0.25) is 9.59 Å². The van der Waals surface area contributed by atoms with Gasteiger partial charge in [-0.2, -0.15) is 0 Å². The van der Waals surface area contributed by atoms with Gasteiger partial charge in [-0.1, -0.05) is 6.07 Å². The third kappa shape index (κ3) is 4.72. The van der Waals surface area contributed by atoms with Crippen LogP contribution >= 0.6 is 10.0 Å². The minimum atomic E-state index is -1.70. The number of rotatable bonds is 5. The van der Waals surface area contributed by atoms with Gasteiger partial charge in [0.05, 0.1) is 11.3 Å². The number of carboxylic acid groups (broad SMARTS) is 1. The van der Waals surface area contributed by atoms with E-state index in [4.69, 9.17) is 14.6 Å². The minimum Gasteiger partial charge on any atom is -0.481 e. The Hall–Kier alpha value is -3.54. The van der Waals surface area contributed by atoms with Gasteiger partial charge in [0.2, 0.25) is 6.79 Å². The number of nitrogens with zero attached hydrogens (tertiary/aromatic N) is 2. The predicted octanol–water partition coefficient (Wildman–Crippen LogP) is 3.81. The van der Waals surface area contributed by atoms with E-state index < -0.39 is 45.6 Å². The molecule has 0 spiro atoms. The van der Waals surface area contributed by atoms with Gasteiger partial charge in [0, 0.05) is 36.8 Å². The van der Waals surface area contributed by atoms with Gasteiger partial charge >= 0.3 is 12.0 Å². The number of ether oxygens (including phenoxy) is 2. The van der Waals surface area contributed by atoms with E-state index in [0.29, 0.717) is 23.5 Å². The third-order valence-corrected chi connectivity index (χ3v) is 8.57. The molecule has 12 heteroatoms. The number of urea groups is 1. The van der Waals surface area contributed by atoms with Crippen molar-refractivity contribution in [2.75, 3.05) is 50.5 Å². The van der Waals surface area contributed by atoms with Crippen molar-refractivity contribution in [1.29, 1.82) is 0 Å². The van der Waals surface area contributed by atoms with E-state index in [9.17, 15) is 23.2 Å². The lowest BCUT2D eigenvalue weighted by Gasteiger charge is -2.45. The average molecular weight is 550 g/mol. The van der Waals surface area contributed by atoms with Crippen molar-refractivity contribution in [3.63, 3.8) is 0 Å². The van der Waals surface area contributed by atoms with Gasteiger partial charge < -0.3 is 29.7 Å². The molecule has 3 aliphatic heterocycles. The second-order valence-electron chi connectivity index (χ2n) is 10.5. The predicted molar refractivity (Wildman–Crippen MR) is 137 cm³/mol. The van der Waals surface area contributed by atoms with E-state index in [1.807, 2.05) is 0 Å². The van der Waals surface area contributed by atoms with Crippen LogP contribution in [0.1, 0.15) is 23.6 Å². The number of anilines is 1. The normalized spacial score (nSPS) is 19.0. The number of carboxylic acids is 1. The van der Waals surface area contributed by atoms with Crippen LogP contribution in [0.15, 0.2) is 29.2 Å². The summed E-state index contributed by atoms with van der Waals surface area (Å²) in [4.78, 5) is 41.0. The molecule has 9 nitrogen and oxygen atoms in total. The van der Waals surface area contributed by atoms with Gasteiger partial charge in [0.15, 0.2) is 11.5 Å². The first-order valence-electron chi connectivity index (χ1n) is 12.1. The molecular weight excluding hydrogens is 520 g/mol. The molecule has 2 aromatic carbocycles. The fourth-order valence-corrected chi connectivity index (χ4v) is 6.58. The zero-order valence-electron chi connectivity index (χ0n) is 21.3. The number of likely N-dealkylation sites (tertiary alicyclic amines) is 1. The van der Waals surface area contributed by atoms with Crippen LogP contribution in [0.5, 0.6) is 11.5 Å². The molecule has 0 unspecified atom stereocenters. The highest BCUT2D eigenvalue weighted by molar-refractivity contribution is 8.32. The fourth-order valence-electron chi connectivity index (χ4n) is 5.29. The van der Waals surface area contributed by atoms with Crippen molar-refractivity contribution >= 4 is 33.6 Å². The van der Waals surface area contributed by atoms with Crippen molar-refractivity contribution in [3.8, 4) is 11.5 Å². The van der Waals surface area contributed by atoms with Crippen LogP contribution in [0.3, 0.4) is 0 Å². The summed E-state index contributed by atoms with van der Waals surface area (Å²) in [7, 11) is -1.70. The van der Waals surface area contributed by atoms with Crippen LogP contribution < -0.4 is 14.8 Å². The first-order chi connectivity index (χ1) is 17.9. The highest BCUT2D eigenvalue weighted by atomic mass is 32.3. The standard InChI is InChI=1S/C26H29F2N3O6S/c1-38(2,3)24-18(27)9-15(10-19(24)28)29-25(34)22-16-4-5-20-23(37-13-36-20)17(16)6-7-31(22)26(35)30-11-14(12-30)8-21(32)33/h4-5,9-10,14,22H,6-8,11-13H2,1-3H3,(H,29,34)(H,32,33)/t22-/m1/s1. The second kappa shape index (κ2) is 9.64. The van der Waals surface area contributed by atoms with E-state index in [2.05, 4.69) is 5.32 Å². The number of carbonyl (C=O) groups excluding carboxylic acids is 2. The molecule has 1 saturated heterocycles.